The van der Waals surface area contributed by atoms with Gasteiger partial charge < -0.3 is 13.9 Å². The van der Waals surface area contributed by atoms with Gasteiger partial charge in [-0.15, -0.1) is 11.3 Å². The quantitative estimate of drug-likeness (QED) is 0.189. The lowest BCUT2D eigenvalue weighted by molar-refractivity contribution is 0.284. The highest BCUT2D eigenvalue weighted by atomic mass is 32.1. The Labute approximate surface area is 211 Å². The van der Waals surface area contributed by atoms with Crippen molar-refractivity contribution in [3.05, 3.63) is 111 Å². The molecule has 0 fully saturated rings. The summed E-state index contributed by atoms with van der Waals surface area (Å²) in [5, 5.41) is 12.9. The second-order valence-electron chi connectivity index (χ2n) is 7.88. The molecule has 0 saturated heterocycles. The minimum atomic E-state index is -0.469. The van der Waals surface area contributed by atoms with Gasteiger partial charge in [0, 0.05) is 10.8 Å². The first-order valence-electron chi connectivity index (χ1n) is 11.1. The third-order valence-corrected chi connectivity index (χ3v) is 6.38. The van der Waals surface area contributed by atoms with Crippen molar-refractivity contribution in [3.63, 3.8) is 0 Å². The molecule has 0 radical (unpaired) electrons. The number of aromatic nitrogens is 1. The molecule has 0 unspecified atom stereocenters. The highest BCUT2D eigenvalue weighted by molar-refractivity contribution is 7.11. The Balaban J connectivity index is 1.41. The van der Waals surface area contributed by atoms with Crippen LogP contribution in [-0.4, -0.2) is 12.1 Å². The van der Waals surface area contributed by atoms with E-state index in [0.29, 0.717) is 45.5 Å². The second-order valence-corrected chi connectivity index (χ2v) is 8.74. The molecular weight excluding hydrogens is 472 g/mol. The highest BCUT2D eigenvalue weighted by Gasteiger charge is 2.14. The summed E-state index contributed by atoms with van der Waals surface area (Å²) in [4.78, 5) is 17.1. The van der Waals surface area contributed by atoms with Crippen LogP contribution >= 0.6 is 11.3 Å². The summed E-state index contributed by atoms with van der Waals surface area (Å²) in [7, 11) is 1.58. The Kier molecular flexibility index (Phi) is 6.61. The molecule has 0 aliphatic carbocycles. The van der Waals surface area contributed by atoms with E-state index in [4.69, 9.17) is 13.9 Å². The summed E-state index contributed by atoms with van der Waals surface area (Å²) < 4.78 is 16.9. The van der Waals surface area contributed by atoms with Gasteiger partial charge in [-0.2, -0.15) is 5.26 Å². The lowest BCUT2D eigenvalue weighted by atomic mass is 10.1. The van der Waals surface area contributed by atoms with Crippen LogP contribution in [0, 0.1) is 11.3 Å². The predicted molar refractivity (Wildman–Crippen MR) is 141 cm³/mol. The van der Waals surface area contributed by atoms with Crippen molar-refractivity contribution < 1.29 is 13.9 Å². The molecule has 36 heavy (non-hydrogen) atoms. The van der Waals surface area contributed by atoms with Crippen LogP contribution in [0.4, 0.5) is 0 Å². The van der Waals surface area contributed by atoms with Crippen LogP contribution < -0.4 is 15.1 Å². The highest BCUT2D eigenvalue weighted by Crippen LogP contribution is 2.32. The summed E-state index contributed by atoms with van der Waals surface area (Å²) in [6.07, 6.45) is 1.73. The zero-order chi connectivity index (χ0) is 24.9. The van der Waals surface area contributed by atoms with Crippen LogP contribution in [0.2, 0.25) is 0 Å². The maximum Gasteiger partial charge on any atom is 0.345 e. The number of benzene rings is 3. The van der Waals surface area contributed by atoms with E-state index < -0.39 is 5.63 Å². The topological polar surface area (TPSA) is 85.4 Å². The molecule has 7 heteroatoms. The standard InChI is InChI=1S/C29H20N2O4S/c1-33-27-14-20(11-12-26(27)34-17-19-7-3-2-4-8-19)13-22(16-30)28-31-24(18-36-28)23-15-21-9-5-6-10-25(21)35-29(23)32/h2-15,18H,17H2,1H3/b22-13-. The molecule has 0 amide bonds. The van der Waals surface area contributed by atoms with Crippen LogP contribution in [0.3, 0.4) is 0 Å². The van der Waals surface area contributed by atoms with E-state index in [1.54, 1.807) is 30.7 Å². The average molecular weight is 493 g/mol. The minimum Gasteiger partial charge on any atom is -0.493 e. The summed E-state index contributed by atoms with van der Waals surface area (Å²) in [5.41, 5.74) is 3.06. The number of nitrogens with zero attached hydrogens (tertiary/aromatic N) is 2. The summed E-state index contributed by atoms with van der Waals surface area (Å²) in [5.74, 6) is 1.17. The van der Waals surface area contributed by atoms with Crippen LogP contribution in [0.1, 0.15) is 16.1 Å². The number of rotatable bonds is 7. The van der Waals surface area contributed by atoms with Crippen LogP contribution in [-0.2, 0) is 6.61 Å². The van der Waals surface area contributed by atoms with Gasteiger partial charge in [0.25, 0.3) is 0 Å². The first-order valence-corrected chi connectivity index (χ1v) is 12.0. The molecule has 0 aliphatic heterocycles. The van der Waals surface area contributed by atoms with E-state index in [1.165, 1.54) is 11.3 Å². The monoisotopic (exact) mass is 492 g/mol. The van der Waals surface area contributed by atoms with Gasteiger partial charge in [-0.1, -0.05) is 54.6 Å². The van der Waals surface area contributed by atoms with E-state index in [0.717, 1.165) is 16.5 Å². The fraction of sp³-hybridized carbons (Fsp3) is 0.0690. The number of para-hydroxylation sites is 1. The number of hydrogen-bond donors (Lipinski definition) is 0. The van der Waals surface area contributed by atoms with Crippen molar-refractivity contribution >= 4 is 34.0 Å². The fourth-order valence-electron chi connectivity index (χ4n) is 3.70. The molecule has 2 aromatic heterocycles. The second kappa shape index (κ2) is 10.3. The normalized spacial score (nSPS) is 11.3. The molecule has 0 bridgehead atoms. The van der Waals surface area contributed by atoms with Crippen LogP contribution in [0.25, 0.3) is 33.9 Å². The molecule has 176 valence electrons. The molecule has 0 aliphatic rings. The van der Waals surface area contributed by atoms with Crippen molar-refractivity contribution in [1.29, 1.82) is 5.26 Å². The summed E-state index contributed by atoms with van der Waals surface area (Å²) >= 11 is 1.29. The maximum absolute atomic E-state index is 12.5. The van der Waals surface area contributed by atoms with Gasteiger partial charge in [0.2, 0.25) is 0 Å². The van der Waals surface area contributed by atoms with E-state index in [9.17, 15) is 10.1 Å². The Morgan fingerprint density at radius 1 is 1.06 bits per heavy atom. The number of ether oxygens (including phenoxy) is 2. The van der Waals surface area contributed by atoms with E-state index in [2.05, 4.69) is 11.1 Å². The van der Waals surface area contributed by atoms with E-state index in [-0.39, 0.29) is 0 Å². The summed E-state index contributed by atoms with van der Waals surface area (Å²) in [6, 6.07) is 26.6. The molecule has 0 spiro atoms. The Bertz CT molecular complexity index is 1660. The molecule has 0 N–H and O–H groups in total. The maximum atomic E-state index is 12.5. The molecule has 3 aromatic carbocycles. The van der Waals surface area contributed by atoms with E-state index >= 15 is 0 Å². The van der Waals surface area contributed by atoms with Crippen molar-refractivity contribution in [1.82, 2.24) is 4.98 Å². The third kappa shape index (κ3) is 4.90. The van der Waals surface area contributed by atoms with Gasteiger partial charge in [0.1, 0.15) is 23.3 Å². The minimum absolute atomic E-state index is 0.357. The van der Waals surface area contributed by atoms with Crippen molar-refractivity contribution in [2.24, 2.45) is 0 Å². The van der Waals surface area contributed by atoms with Crippen molar-refractivity contribution in [2.75, 3.05) is 7.11 Å². The zero-order valence-electron chi connectivity index (χ0n) is 19.3. The molecule has 6 nitrogen and oxygen atoms in total. The molecule has 5 rings (SSSR count). The van der Waals surface area contributed by atoms with E-state index in [1.807, 2.05) is 66.7 Å². The first kappa shape index (κ1) is 23.1. The Morgan fingerprint density at radius 2 is 1.86 bits per heavy atom. The van der Waals surface area contributed by atoms with Gasteiger partial charge in [-0.05, 0) is 41.5 Å². The van der Waals surface area contributed by atoms with Crippen LogP contribution in [0.15, 0.2) is 93.5 Å². The predicted octanol–water partition coefficient (Wildman–Crippen LogP) is 6.57. The molecule has 2 heterocycles. The number of methoxy groups -OCH3 is 1. The SMILES string of the molecule is COc1cc(/C=C(/C#N)c2nc(-c3cc4ccccc4oc3=O)cs2)ccc1OCc1ccccc1. The smallest absolute Gasteiger partial charge is 0.345 e. The summed E-state index contributed by atoms with van der Waals surface area (Å²) in [6.45, 7) is 0.417. The fourth-order valence-corrected chi connectivity index (χ4v) is 4.48. The van der Waals surface area contributed by atoms with Crippen molar-refractivity contribution in [3.8, 4) is 28.8 Å². The van der Waals surface area contributed by atoms with Crippen molar-refractivity contribution in [2.45, 2.75) is 6.61 Å². The van der Waals surface area contributed by atoms with Gasteiger partial charge >= 0.3 is 5.63 Å². The number of hydrogen-bond acceptors (Lipinski definition) is 7. The molecule has 0 atom stereocenters. The third-order valence-electron chi connectivity index (χ3n) is 5.51. The lowest BCUT2D eigenvalue weighted by Gasteiger charge is -2.11. The molecule has 5 aromatic rings. The van der Waals surface area contributed by atoms with Gasteiger partial charge in [-0.25, -0.2) is 9.78 Å². The lowest BCUT2D eigenvalue weighted by Crippen LogP contribution is -2.02. The Morgan fingerprint density at radius 3 is 2.67 bits per heavy atom. The Hall–Kier alpha value is -4.67. The van der Waals surface area contributed by atoms with Gasteiger partial charge in [-0.3, -0.25) is 0 Å². The number of thiazole rings is 1. The largest absolute Gasteiger partial charge is 0.493 e. The average Bonchev–Trinajstić information content (AvgIpc) is 3.40. The number of allylic oxidation sites excluding steroid dienone is 1. The first-order chi connectivity index (χ1) is 17.6. The molecule has 0 saturated carbocycles. The number of fused-ring (bicyclic) bond motifs is 1. The van der Waals surface area contributed by atoms with Crippen LogP contribution in [0.5, 0.6) is 11.5 Å². The number of nitriles is 1. The zero-order valence-corrected chi connectivity index (χ0v) is 20.1. The molecular formula is C29H20N2O4S. The van der Waals surface area contributed by atoms with Gasteiger partial charge in [0.05, 0.1) is 23.9 Å². The van der Waals surface area contributed by atoms with Gasteiger partial charge in [0.15, 0.2) is 11.5 Å².